The van der Waals surface area contributed by atoms with Gasteiger partial charge in [0.15, 0.2) is 0 Å². The monoisotopic (exact) mass is 331 g/mol. The summed E-state index contributed by atoms with van der Waals surface area (Å²) >= 11 is 0. The summed E-state index contributed by atoms with van der Waals surface area (Å²) in [5.41, 5.74) is 2.50. The number of aryl methyl sites for hydroxylation is 1. The summed E-state index contributed by atoms with van der Waals surface area (Å²) in [5.74, 6) is 0.0179. The Morgan fingerprint density at radius 2 is 2.25 bits per heavy atom. The Labute approximate surface area is 142 Å². The van der Waals surface area contributed by atoms with E-state index in [2.05, 4.69) is 22.0 Å². The third-order valence-electron chi connectivity index (χ3n) is 4.81. The van der Waals surface area contributed by atoms with E-state index in [-0.39, 0.29) is 12.0 Å². The lowest BCUT2D eigenvalue weighted by molar-refractivity contribution is 0.0761. The number of amides is 1. The van der Waals surface area contributed by atoms with E-state index in [4.69, 9.17) is 4.74 Å². The number of carbonyl (C=O) groups is 1. The second-order valence-electron chi connectivity index (χ2n) is 6.56. The largest absolute Gasteiger partial charge is 0.380 e. The molecule has 0 saturated carbocycles. The number of hydrogen-bond donors (Lipinski definition) is 1. The lowest BCUT2D eigenvalue weighted by Gasteiger charge is -2.25. The summed E-state index contributed by atoms with van der Waals surface area (Å²) in [4.78, 5) is 20.0. The molecule has 0 aliphatic carbocycles. The van der Waals surface area contributed by atoms with Crippen molar-refractivity contribution in [1.29, 1.82) is 0 Å². The number of ether oxygens (including phenoxy) is 1. The van der Waals surface area contributed by atoms with Crippen LogP contribution in [0.1, 0.15) is 16.8 Å². The number of aromatic nitrogens is 3. The van der Waals surface area contributed by atoms with Crippen molar-refractivity contribution in [3.8, 4) is 11.1 Å². The Bertz CT molecular complexity index is 707. The fourth-order valence-electron chi connectivity index (χ4n) is 3.36. The minimum absolute atomic E-state index is 0.0179. The van der Waals surface area contributed by atoms with Crippen LogP contribution in [-0.2, 0) is 11.8 Å². The number of rotatable bonds is 5. The van der Waals surface area contributed by atoms with Crippen molar-refractivity contribution in [2.75, 3.05) is 34.3 Å². The number of nitrogens with zero attached hydrogens (tertiary/aromatic N) is 4. The van der Waals surface area contributed by atoms with Crippen LogP contribution in [0.15, 0.2) is 24.8 Å². The molecule has 1 saturated heterocycles. The van der Waals surface area contributed by atoms with Crippen LogP contribution in [0, 0.1) is 0 Å². The average molecular weight is 331 g/mol. The molecule has 1 N–H and O–H groups in total. The number of likely N-dealkylation sites (tertiary alicyclic amines) is 1. The molecule has 24 heavy (non-hydrogen) atoms. The zero-order valence-electron chi connectivity index (χ0n) is 14.7. The second kappa shape index (κ2) is 6.78. The van der Waals surface area contributed by atoms with Crippen LogP contribution in [0.2, 0.25) is 0 Å². The van der Waals surface area contributed by atoms with Gasteiger partial charge in [-0.1, -0.05) is 0 Å². The molecular formula is C17H25N5O2. The maximum absolute atomic E-state index is 12.9. The summed E-state index contributed by atoms with van der Waals surface area (Å²) in [6.45, 7) is 1.60. The Morgan fingerprint density at radius 3 is 2.88 bits per heavy atom. The summed E-state index contributed by atoms with van der Waals surface area (Å²) in [6.07, 6.45) is 8.49. The fourth-order valence-corrected chi connectivity index (χ4v) is 3.36. The van der Waals surface area contributed by atoms with Gasteiger partial charge in [-0.2, -0.15) is 5.10 Å². The van der Waals surface area contributed by atoms with Crippen LogP contribution in [0.4, 0.5) is 0 Å². The van der Waals surface area contributed by atoms with Gasteiger partial charge in [0.05, 0.1) is 17.9 Å². The van der Waals surface area contributed by atoms with Crippen LogP contribution in [-0.4, -0.2) is 76.9 Å². The van der Waals surface area contributed by atoms with Crippen LogP contribution >= 0.6 is 0 Å². The molecule has 1 aliphatic rings. The fraction of sp³-hybridized carbons (Fsp3) is 0.529. The molecule has 0 radical (unpaired) electrons. The van der Waals surface area contributed by atoms with Crippen molar-refractivity contribution in [3.05, 3.63) is 30.4 Å². The zero-order chi connectivity index (χ0) is 17.3. The number of carbonyl (C=O) groups excluding carboxylic acids is 1. The summed E-state index contributed by atoms with van der Waals surface area (Å²) < 4.78 is 7.18. The van der Waals surface area contributed by atoms with Crippen LogP contribution in [0.25, 0.3) is 11.1 Å². The van der Waals surface area contributed by atoms with Gasteiger partial charge in [0.1, 0.15) is 0 Å². The molecule has 0 bridgehead atoms. The van der Waals surface area contributed by atoms with E-state index in [1.165, 1.54) is 0 Å². The van der Waals surface area contributed by atoms with Crippen molar-refractivity contribution < 1.29 is 9.53 Å². The van der Waals surface area contributed by atoms with Crippen LogP contribution in [0.5, 0.6) is 0 Å². The molecule has 2 aromatic rings. The number of nitrogens with one attached hydrogen (secondary N) is 1. The molecular weight excluding hydrogens is 306 g/mol. The minimum atomic E-state index is 0.0179. The number of likely N-dealkylation sites (N-methyl/N-ethyl adjacent to an activating group) is 2. The molecule has 1 aliphatic heterocycles. The third kappa shape index (κ3) is 3.22. The van der Waals surface area contributed by atoms with E-state index in [1.807, 2.05) is 26.5 Å². The molecule has 2 aromatic heterocycles. The van der Waals surface area contributed by atoms with Crippen molar-refractivity contribution in [3.63, 3.8) is 0 Å². The summed E-state index contributed by atoms with van der Waals surface area (Å²) in [5, 5.41) is 4.19. The lowest BCUT2D eigenvalue weighted by atomic mass is 10.1. The first-order chi connectivity index (χ1) is 11.5. The summed E-state index contributed by atoms with van der Waals surface area (Å²) in [6, 6.07) is 0.324. The topological polar surface area (TPSA) is 66.4 Å². The molecule has 1 fully saturated rings. The predicted octanol–water partition coefficient (Wildman–Crippen LogP) is 1.21. The Balaban J connectivity index is 1.72. The molecule has 130 valence electrons. The standard InChI is InChI=1S/C17H25N5O2/c1-20-11-14(24-4)5-13(20)10-21(2)17(23)16-8-18-7-15(16)12-6-19-22(3)9-12/h6-9,13-14,18H,5,10-11H2,1-4H3/t13-,14-/m0/s1. The van der Waals surface area contributed by atoms with Gasteiger partial charge in [-0.15, -0.1) is 0 Å². The average Bonchev–Trinajstić information content (AvgIpc) is 3.26. The summed E-state index contributed by atoms with van der Waals surface area (Å²) in [7, 11) is 7.55. The highest BCUT2D eigenvalue weighted by Crippen LogP contribution is 2.25. The van der Waals surface area contributed by atoms with Crippen molar-refractivity contribution in [1.82, 2.24) is 24.6 Å². The van der Waals surface area contributed by atoms with Gasteiger partial charge < -0.3 is 14.6 Å². The number of aromatic amines is 1. The molecule has 7 heteroatoms. The molecule has 3 heterocycles. The van der Waals surface area contributed by atoms with E-state index in [1.54, 1.807) is 29.1 Å². The first kappa shape index (κ1) is 16.7. The first-order valence-electron chi connectivity index (χ1n) is 8.14. The SMILES string of the molecule is CO[C@H]1C[C@@H](CN(C)C(=O)c2c[nH]cc2-c2cnn(C)c2)N(C)C1. The minimum Gasteiger partial charge on any atom is -0.380 e. The van der Waals surface area contributed by atoms with Gasteiger partial charge in [0.25, 0.3) is 5.91 Å². The molecule has 0 unspecified atom stereocenters. The maximum atomic E-state index is 12.9. The predicted molar refractivity (Wildman–Crippen MR) is 91.8 cm³/mol. The van der Waals surface area contributed by atoms with E-state index in [9.17, 15) is 4.79 Å². The molecule has 0 spiro atoms. The van der Waals surface area contributed by atoms with Crippen LogP contribution < -0.4 is 0 Å². The lowest BCUT2D eigenvalue weighted by Crippen LogP contribution is -2.39. The number of methoxy groups -OCH3 is 1. The maximum Gasteiger partial charge on any atom is 0.255 e. The van der Waals surface area contributed by atoms with Gasteiger partial charge in [-0.05, 0) is 13.5 Å². The first-order valence-corrected chi connectivity index (χ1v) is 8.14. The zero-order valence-corrected chi connectivity index (χ0v) is 14.7. The highest BCUT2D eigenvalue weighted by Gasteiger charge is 2.31. The van der Waals surface area contributed by atoms with Gasteiger partial charge >= 0.3 is 0 Å². The van der Waals surface area contributed by atoms with E-state index in [0.29, 0.717) is 18.2 Å². The van der Waals surface area contributed by atoms with Gasteiger partial charge in [-0.3, -0.25) is 14.4 Å². The Morgan fingerprint density at radius 1 is 1.46 bits per heavy atom. The van der Waals surface area contributed by atoms with Crippen molar-refractivity contribution in [2.24, 2.45) is 7.05 Å². The Kier molecular flexibility index (Phi) is 4.73. The van der Waals surface area contributed by atoms with E-state index in [0.717, 1.165) is 24.1 Å². The molecule has 0 aromatic carbocycles. The normalized spacial score (nSPS) is 21.3. The smallest absolute Gasteiger partial charge is 0.255 e. The number of H-pyrrole nitrogens is 1. The quantitative estimate of drug-likeness (QED) is 0.894. The molecule has 3 rings (SSSR count). The number of hydrogen-bond acceptors (Lipinski definition) is 4. The third-order valence-corrected chi connectivity index (χ3v) is 4.81. The highest BCUT2D eigenvalue weighted by atomic mass is 16.5. The van der Waals surface area contributed by atoms with E-state index < -0.39 is 0 Å². The van der Waals surface area contributed by atoms with Crippen molar-refractivity contribution in [2.45, 2.75) is 18.6 Å². The van der Waals surface area contributed by atoms with Crippen LogP contribution in [0.3, 0.4) is 0 Å². The molecule has 2 atom stereocenters. The van der Waals surface area contributed by atoms with Crippen molar-refractivity contribution >= 4 is 5.91 Å². The molecule has 1 amide bonds. The second-order valence-corrected chi connectivity index (χ2v) is 6.56. The van der Waals surface area contributed by atoms with Gasteiger partial charge in [0.2, 0.25) is 0 Å². The van der Waals surface area contributed by atoms with E-state index >= 15 is 0 Å². The highest BCUT2D eigenvalue weighted by molar-refractivity contribution is 6.00. The van der Waals surface area contributed by atoms with Gasteiger partial charge in [-0.25, -0.2) is 0 Å². The Hall–Kier alpha value is -2.12. The van der Waals surface area contributed by atoms with Gasteiger partial charge in [0, 0.05) is 70.1 Å². The molecule has 7 nitrogen and oxygen atoms in total.